The smallest absolute Gasteiger partial charge is 0.305 e. The van der Waals surface area contributed by atoms with Crippen molar-refractivity contribution < 1.29 is 13.9 Å². The molecule has 104 valence electrons. The predicted octanol–water partition coefficient (Wildman–Crippen LogP) is 3.99. The molecule has 0 bridgehead atoms. The SMILES string of the molecule is COC(=O)CCCc1ccc(-c2ccccc2F)cc1. The van der Waals surface area contributed by atoms with Gasteiger partial charge in [0, 0.05) is 12.0 Å². The van der Waals surface area contributed by atoms with Crippen molar-refractivity contribution in [2.45, 2.75) is 19.3 Å². The molecule has 0 atom stereocenters. The molecule has 0 heterocycles. The van der Waals surface area contributed by atoms with E-state index in [0.29, 0.717) is 12.0 Å². The molecule has 0 N–H and O–H groups in total. The summed E-state index contributed by atoms with van der Waals surface area (Å²) in [5.41, 5.74) is 2.60. The Morgan fingerprint density at radius 2 is 1.80 bits per heavy atom. The van der Waals surface area contributed by atoms with Crippen LogP contribution in [0.3, 0.4) is 0 Å². The third kappa shape index (κ3) is 3.67. The number of carbonyl (C=O) groups excluding carboxylic acids is 1. The zero-order valence-corrected chi connectivity index (χ0v) is 11.4. The zero-order chi connectivity index (χ0) is 14.4. The summed E-state index contributed by atoms with van der Waals surface area (Å²) in [6.45, 7) is 0. The number of carbonyl (C=O) groups is 1. The Labute approximate surface area is 118 Å². The van der Waals surface area contributed by atoms with E-state index in [4.69, 9.17) is 0 Å². The molecule has 2 aromatic carbocycles. The number of hydrogen-bond donors (Lipinski definition) is 0. The van der Waals surface area contributed by atoms with E-state index in [-0.39, 0.29) is 11.8 Å². The molecule has 0 aromatic heterocycles. The number of esters is 1. The van der Waals surface area contributed by atoms with E-state index in [0.717, 1.165) is 24.0 Å². The summed E-state index contributed by atoms with van der Waals surface area (Å²) in [6.07, 6.45) is 1.99. The van der Waals surface area contributed by atoms with Crippen molar-refractivity contribution >= 4 is 5.97 Å². The third-order valence-electron chi connectivity index (χ3n) is 3.21. The number of aryl methyl sites for hydroxylation is 1. The van der Waals surface area contributed by atoms with Crippen LogP contribution >= 0.6 is 0 Å². The first-order valence-corrected chi connectivity index (χ1v) is 6.61. The highest BCUT2D eigenvalue weighted by molar-refractivity contribution is 5.69. The third-order valence-corrected chi connectivity index (χ3v) is 3.21. The predicted molar refractivity (Wildman–Crippen MR) is 76.8 cm³/mol. The summed E-state index contributed by atoms with van der Waals surface area (Å²) >= 11 is 0. The van der Waals surface area contributed by atoms with Gasteiger partial charge in [-0.1, -0.05) is 42.5 Å². The van der Waals surface area contributed by atoms with Gasteiger partial charge in [0.05, 0.1) is 7.11 Å². The Morgan fingerprint density at radius 3 is 2.45 bits per heavy atom. The first-order chi connectivity index (χ1) is 9.70. The van der Waals surface area contributed by atoms with Crippen LogP contribution in [0.2, 0.25) is 0 Å². The maximum Gasteiger partial charge on any atom is 0.305 e. The van der Waals surface area contributed by atoms with Crippen LogP contribution in [0.4, 0.5) is 4.39 Å². The van der Waals surface area contributed by atoms with Crippen molar-refractivity contribution in [2.24, 2.45) is 0 Å². The minimum atomic E-state index is -0.217. The molecule has 0 radical (unpaired) electrons. The lowest BCUT2D eigenvalue weighted by molar-refractivity contribution is -0.140. The Bertz CT molecular complexity index is 576. The second-order valence-electron chi connectivity index (χ2n) is 4.61. The maximum absolute atomic E-state index is 13.7. The molecule has 0 aliphatic rings. The summed E-state index contributed by atoms with van der Waals surface area (Å²) in [6, 6.07) is 14.5. The molecular weight excluding hydrogens is 255 g/mol. The largest absolute Gasteiger partial charge is 0.469 e. The molecule has 2 rings (SSSR count). The number of hydrogen-bond acceptors (Lipinski definition) is 2. The number of halogens is 1. The van der Waals surface area contributed by atoms with E-state index >= 15 is 0 Å². The highest BCUT2D eigenvalue weighted by Crippen LogP contribution is 2.23. The van der Waals surface area contributed by atoms with Gasteiger partial charge in [0.15, 0.2) is 0 Å². The topological polar surface area (TPSA) is 26.3 Å². The van der Waals surface area contributed by atoms with Gasteiger partial charge in [-0.2, -0.15) is 0 Å². The van der Waals surface area contributed by atoms with Crippen LogP contribution in [0.5, 0.6) is 0 Å². The fourth-order valence-electron chi connectivity index (χ4n) is 2.09. The Morgan fingerprint density at radius 1 is 1.10 bits per heavy atom. The molecule has 0 saturated heterocycles. The molecule has 3 heteroatoms. The van der Waals surface area contributed by atoms with Crippen molar-refractivity contribution in [3.63, 3.8) is 0 Å². The van der Waals surface area contributed by atoms with Crippen LogP contribution in [-0.2, 0) is 16.0 Å². The lowest BCUT2D eigenvalue weighted by Gasteiger charge is -2.05. The summed E-state index contributed by atoms with van der Waals surface area (Å²) in [4.78, 5) is 11.0. The Hall–Kier alpha value is -2.16. The highest BCUT2D eigenvalue weighted by atomic mass is 19.1. The molecule has 2 nitrogen and oxygen atoms in total. The van der Waals surface area contributed by atoms with E-state index in [2.05, 4.69) is 4.74 Å². The van der Waals surface area contributed by atoms with Crippen molar-refractivity contribution in [1.82, 2.24) is 0 Å². The van der Waals surface area contributed by atoms with Crippen LogP contribution in [0.25, 0.3) is 11.1 Å². The monoisotopic (exact) mass is 272 g/mol. The van der Waals surface area contributed by atoms with E-state index in [1.807, 2.05) is 30.3 Å². The van der Waals surface area contributed by atoms with E-state index in [1.165, 1.54) is 13.2 Å². The summed E-state index contributed by atoms with van der Waals surface area (Å²) in [5.74, 6) is -0.404. The van der Waals surface area contributed by atoms with Gasteiger partial charge >= 0.3 is 5.97 Å². The Kier molecular flexibility index (Phi) is 4.88. The van der Waals surface area contributed by atoms with E-state index < -0.39 is 0 Å². The standard InChI is InChI=1S/C17H17FO2/c1-20-17(19)8-4-5-13-9-11-14(12-10-13)15-6-2-3-7-16(15)18/h2-3,6-7,9-12H,4-5,8H2,1H3. The van der Waals surface area contributed by atoms with Crippen LogP contribution in [0, 0.1) is 5.82 Å². The van der Waals surface area contributed by atoms with Gasteiger partial charge in [0.1, 0.15) is 5.82 Å². The molecule has 0 amide bonds. The number of methoxy groups -OCH3 is 1. The first kappa shape index (κ1) is 14.3. The van der Waals surface area contributed by atoms with Crippen molar-refractivity contribution in [3.05, 3.63) is 59.9 Å². The average Bonchev–Trinajstić information content (AvgIpc) is 2.48. The van der Waals surface area contributed by atoms with Crippen LogP contribution in [0.15, 0.2) is 48.5 Å². The lowest BCUT2D eigenvalue weighted by Crippen LogP contribution is -2.00. The second kappa shape index (κ2) is 6.85. The quantitative estimate of drug-likeness (QED) is 0.769. The number of rotatable bonds is 5. The van der Waals surface area contributed by atoms with Gasteiger partial charge in [-0.3, -0.25) is 4.79 Å². The van der Waals surface area contributed by atoms with Crippen molar-refractivity contribution in [3.8, 4) is 11.1 Å². The fraction of sp³-hybridized carbons (Fsp3) is 0.235. The average molecular weight is 272 g/mol. The molecule has 20 heavy (non-hydrogen) atoms. The summed E-state index contributed by atoms with van der Waals surface area (Å²) < 4.78 is 18.3. The minimum Gasteiger partial charge on any atom is -0.469 e. The molecule has 0 unspecified atom stereocenters. The van der Waals surface area contributed by atoms with E-state index in [9.17, 15) is 9.18 Å². The second-order valence-corrected chi connectivity index (χ2v) is 4.61. The van der Waals surface area contributed by atoms with Crippen molar-refractivity contribution in [1.29, 1.82) is 0 Å². The molecule has 0 saturated carbocycles. The Balaban J connectivity index is 2.00. The molecule has 0 aliphatic carbocycles. The highest BCUT2D eigenvalue weighted by Gasteiger charge is 2.04. The van der Waals surface area contributed by atoms with Gasteiger partial charge in [0.25, 0.3) is 0 Å². The molecule has 2 aromatic rings. The van der Waals surface area contributed by atoms with Gasteiger partial charge in [-0.25, -0.2) is 4.39 Å². The molecule has 0 aliphatic heterocycles. The maximum atomic E-state index is 13.7. The van der Waals surface area contributed by atoms with Gasteiger partial charge in [-0.05, 0) is 30.0 Å². The normalized spacial score (nSPS) is 10.3. The lowest BCUT2D eigenvalue weighted by atomic mass is 10.0. The van der Waals surface area contributed by atoms with E-state index in [1.54, 1.807) is 12.1 Å². The van der Waals surface area contributed by atoms with Gasteiger partial charge in [-0.15, -0.1) is 0 Å². The summed E-state index contributed by atoms with van der Waals surface area (Å²) in [7, 11) is 1.39. The number of ether oxygens (including phenoxy) is 1. The van der Waals surface area contributed by atoms with Gasteiger partial charge < -0.3 is 4.74 Å². The fourth-order valence-corrected chi connectivity index (χ4v) is 2.09. The van der Waals surface area contributed by atoms with Crippen molar-refractivity contribution in [2.75, 3.05) is 7.11 Å². The molecule has 0 spiro atoms. The minimum absolute atomic E-state index is 0.187. The van der Waals surface area contributed by atoms with Gasteiger partial charge in [0.2, 0.25) is 0 Å². The first-order valence-electron chi connectivity index (χ1n) is 6.61. The number of benzene rings is 2. The summed E-state index contributed by atoms with van der Waals surface area (Å²) in [5, 5.41) is 0. The molecule has 0 fully saturated rings. The zero-order valence-electron chi connectivity index (χ0n) is 11.4. The van der Waals surface area contributed by atoms with Crippen LogP contribution in [-0.4, -0.2) is 13.1 Å². The van der Waals surface area contributed by atoms with Crippen LogP contribution < -0.4 is 0 Å². The molecular formula is C17H17FO2. The van der Waals surface area contributed by atoms with Crippen LogP contribution in [0.1, 0.15) is 18.4 Å².